The molecule has 1 aliphatic heterocycles. The molecular weight excluding hydrogens is 176 g/mol. The van der Waals surface area contributed by atoms with Crippen LogP contribution < -0.4 is 0 Å². The third kappa shape index (κ3) is 2.69. The Hall–Kier alpha value is -1.12. The van der Waals surface area contributed by atoms with E-state index >= 15 is 0 Å². The van der Waals surface area contributed by atoms with Crippen LogP contribution in [0.3, 0.4) is 0 Å². The Balaban J connectivity index is 2.80. The molecule has 0 saturated carbocycles. The molecule has 0 aromatic heterocycles. The number of hydrogen-bond donors (Lipinski definition) is 0. The molecule has 3 nitrogen and oxygen atoms in total. The number of nitrogens with zero attached hydrogens (tertiary/aromatic N) is 2. The van der Waals surface area contributed by atoms with Crippen molar-refractivity contribution in [2.75, 3.05) is 13.6 Å². The Labute approximate surface area is 85.5 Å². The number of likely N-dealkylation sites (tertiary alicyclic amines) is 1. The second kappa shape index (κ2) is 4.94. The molecule has 0 N–H and O–H groups in total. The Morgan fingerprint density at radius 3 is 2.71 bits per heavy atom. The van der Waals surface area contributed by atoms with Gasteiger partial charge < -0.3 is 4.90 Å². The maximum atomic E-state index is 10.5. The molecule has 3 heteroatoms. The van der Waals surface area contributed by atoms with Gasteiger partial charge in [-0.25, -0.2) is 4.99 Å². The van der Waals surface area contributed by atoms with Gasteiger partial charge in [-0.15, -0.1) is 0 Å². The van der Waals surface area contributed by atoms with Gasteiger partial charge in [0.15, 0.2) is 0 Å². The monoisotopic (exact) mass is 194 g/mol. The molecule has 1 fully saturated rings. The number of rotatable bonds is 2. The maximum Gasteiger partial charge on any atom is 0.147 e. The number of aliphatic imine (C=N–C) groups is 1. The van der Waals surface area contributed by atoms with Crippen molar-refractivity contribution >= 4 is 12.1 Å². The Morgan fingerprint density at radius 2 is 2.14 bits per heavy atom. The second-order valence-electron chi connectivity index (χ2n) is 3.79. The van der Waals surface area contributed by atoms with Crippen molar-refractivity contribution in [2.24, 2.45) is 4.99 Å². The number of amidine groups is 1. The van der Waals surface area contributed by atoms with Crippen LogP contribution in [0, 0.1) is 0 Å². The van der Waals surface area contributed by atoms with Gasteiger partial charge in [-0.3, -0.25) is 4.79 Å². The minimum atomic E-state index is 0.719. The summed E-state index contributed by atoms with van der Waals surface area (Å²) < 4.78 is 0. The Morgan fingerprint density at radius 1 is 1.43 bits per heavy atom. The second-order valence-corrected chi connectivity index (χ2v) is 3.79. The van der Waals surface area contributed by atoms with Crippen molar-refractivity contribution in [3.63, 3.8) is 0 Å². The predicted molar refractivity (Wildman–Crippen MR) is 58.4 cm³/mol. The quantitative estimate of drug-likeness (QED) is 0.497. The van der Waals surface area contributed by atoms with Crippen LogP contribution in [0.4, 0.5) is 0 Å². The average molecular weight is 194 g/mol. The standard InChI is InChI=1S/C11H18N2O/c1-9(8-14)10(2)12-11-6-4-5-7-13(11)3/h8H,4-7H2,1-3H3/b10-9-,12-11?. The normalized spacial score (nSPS) is 22.2. The molecule has 0 bridgehead atoms. The molecule has 0 aliphatic carbocycles. The number of carbonyl (C=O) groups is 1. The third-order valence-electron chi connectivity index (χ3n) is 2.63. The summed E-state index contributed by atoms with van der Waals surface area (Å²) in [5, 5.41) is 0. The van der Waals surface area contributed by atoms with Crippen LogP contribution in [0.2, 0.25) is 0 Å². The zero-order valence-corrected chi connectivity index (χ0v) is 9.21. The molecule has 1 saturated heterocycles. The largest absolute Gasteiger partial charge is 0.363 e. The van der Waals surface area contributed by atoms with Crippen LogP contribution in [0.25, 0.3) is 0 Å². The van der Waals surface area contributed by atoms with Gasteiger partial charge in [0, 0.05) is 31.3 Å². The third-order valence-corrected chi connectivity index (χ3v) is 2.63. The molecule has 14 heavy (non-hydrogen) atoms. The summed E-state index contributed by atoms with van der Waals surface area (Å²) in [4.78, 5) is 17.2. The molecule has 0 aromatic rings. The molecule has 0 spiro atoms. The molecule has 0 amide bonds. The number of hydrogen-bond acceptors (Lipinski definition) is 2. The van der Waals surface area contributed by atoms with Crippen LogP contribution in [0.1, 0.15) is 33.1 Å². The minimum absolute atomic E-state index is 0.719. The molecule has 1 aliphatic rings. The van der Waals surface area contributed by atoms with Gasteiger partial charge in [0.05, 0.1) is 0 Å². The van der Waals surface area contributed by atoms with E-state index < -0.39 is 0 Å². The van der Waals surface area contributed by atoms with Gasteiger partial charge >= 0.3 is 0 Å². The number of piperidine rings is 1. The van der Waals surface area contributed by atoms with E-state index in [4.69, 9.17) is 0 Å². The predicted octanol–water partition coefficient (Wildman–Crippen LogP) is 1.99. The van der Waals surface area contributed by atoms with Crippen LogP contribution in [0.5, 0.6) is 0 Å². The smallest absolute Gasteiger partial charge is 0.147 e. The summed E-state index contributed by atoms with van der Waals surface area (Å²) in [6.45, 7) is 4.76. The van der Waals surface area contributed by atoms with Crippen molar-refractivity contribution in [2.45, 2.75) is 33.1 Å². The fraction of sp³-hybridized carbons (Fsp3) is 0.636. The Kier molecular flexibility index (Phi) is 3.86. The number of aldehydes is 1. The van der Waals surface area contributed by atoms with E-state index in [1.807, 2.05) is 6.92 Å². The minimum Gasteiger partial charge on any atom is -0.363 e. The number of carbonyl (C=O) groups excluding carboxylic acids is 1. The van der Waals surface area contributed by atoms with Crippen molar-refractivity contribution in [1.29, 1.82) is 0 Å². The lowest BCUT2D eigenvalue weighted by atomic mass is 10.1. The molecule has 0 atom stereocenters. The van der Waals surface area contributed by atoms with Gasteiger partial charge in [-0.1, -0.05) is 0 Å². The highest BCUT2D eigenvalue weighted by Gasteiger charge is 2.12. The van der Waals surface area contributed by atoms with Crippen LogP contribution in [0.15, 0.2) is 16.3 Å². The summed E-state index contributed by atoms with van der Waals surface area (Å²) in [5.74, 6) is 1.11. The fourth-order valence-corrected chi connectivity index (χ4v) is 1.46. The van der Waals surface area contributed by atoms with Crippen LogP contribution in [-0.4, -0.2) is 30.6 Å². The van der Waals surface area contributed by atoms with E-state index in [1.54, 1.807) is 6.92 Å². The van der Waals surface area contributed by atoms with Gasteiger partial charge in [0.1, 0.15) is 12.1 Å². The highest BCUT2D eigenvalue weighted by atomic mass is 16.1. The van der Waals surface area contributed by atoms with E-state index in [1.165, 1.54) is 12.8 Å². The zero-order chi connectivity index (χ0) is 10.6. The first-order chi connectivity index (χ1) is 6.65. The molecule has 1 rings (SSSR count). The number of allylic oxidation sites excluding steroid dienone is 2. The summed E-state index contributed by atoms with van der Waals surface area (Å²) >= 11 is 0. The lowest BCUT2D eigenvalue weighted by Gasteiger charge is -2.26. The Bertz CT molecular complexity index is 279. The zero-order valence-electron chi connectivity index (χ0n) is 9.21. The lowest BCUT2D eigenvalue weighted by Crippen LogP contribution is -2.31. The van der Waals surface area contributed by atoms with Crippen LogP contribution in [-0.2, 0) is 4.79 Å². The van der Waals surface area contributed by atoms with Crippen molar-refractivity contribution in [1.82, 2.24) is 4.90 Å². The lowest BCUT2D eigenvalue weighted by molar-refractivity contribution is -0.104. The van der Waals surface area contributed by atoms with Gasteiger partial charge in [0.2, 0.25) is 0 Å². The fourth-order valence-electron chi connectivity index (χ4n) is 1.46. The first-order valence-electron chi connectivity index (χ1n) is 5.06. The van der Waals surface area contributed by atoms with E-state index in [0.29, 0.717) is 0 Å². The maximum absolute atomic E-state index is 10.5. The highest BCUT2D eigenvalue weighted by Crippen LogP contribution is 2.13. The first kappa shape index (κ1) is 11.0. The summed E-state index contributed by atoms with van der Waals surface area (Å²) in [6.07, 6.45) is 4.34. The molecule has 78 valence electrons. The average Bonchev–Trinajstić information content (AvgIpc) is 2.20. The first-order valence-corrected chi connectivity index (χ1v) is 5.06. The van der Waals surface area contributed by atoms with Gasteiger partial charge in [-0.2, -0.15) is 0 Å². The molecule has 1 heterocycles. The molecule has 0 aromatic carbocycles. The molecule has 0 radical (unpaired) electrons. The van der Waals surface area contributed by atoms with E-state index in [0.717, 1.165) is 36.4 Å². The summed E-state index contributed by atoms with van der Waals surface area (Å²) in [5.41, 5.74) is 1.56. The van der Waals surface area contributed by atoms with Crippen molar-refractivity contribution in [3.8, 4) is 0 Å². The van der Waals surface area contributed by atoms with Gasteiger partial charge in [-0.05, 0) is 26.7 Å². The van der Waals surface area contributed by atoms with Crippen LogP contribution >= 0.6 is 0 Å². The SMILES string of the molecule is C/C(C=O)=C(\C)N=C1CCCCN1C. The van der Waals surface area contributed by atoms with Gasteiger partial charge in [0.25, 0.3) is 0 Å². The van der Waals surface area contributed by atoms with E-state index in [9.17, 15) is 4.79 Å². The van der Waals surface area contributed by atoms with E-state index in [-0.39, 0.29) is 0 Å². The molecule has 0 unspecified atom stereocenters. The van der Waals surface area contributed by atoms with Crippen molar-refractivity contribution < 1.29 is 4.79 Å². The van der Waals surface area contributed by atoms with Crippen molar-refractivity contribution in [3.05, 3.63) is 11.3 Å². The summed E-state index contributed by atoms with van der Waals surface area (Å²) in [7, 11) is 2.06. The molecular formula is C11H18N2O. The highest BCUT2D eigenvalue weighted by molar-refractivity contribution is 5.84. The topological polar surface area (TPSA) is 32.7 Å². The summed E-state index contributed by atoms with van der Waals surface area (Å²) in [6, 6.07) is 0. The van der Waals surface area contributed by atoms with E-state index in [2.05, 4.69) is 16.9 Å².